The molecule has 0 aliphatic rings. The van der Waals surface area contributed by atoms with Crippen molar-refractivity contribution in [2.75, 3.05) is 19.2 Å². The molecule has 0 aliphatic heterocycles. The van der Waals surface area contributed by atoms with Crippen LogP contribution in [-0.4, -0.2) is 33.9 Å². The number of anilines is 1. The molecule has 0 fully saturated rings. The SMILES string of the molecule is CCCCCCCC[Si](Nc1cc([Si](Cl)(Cl)Cl)ccn1)(OC)OC. The fraction of sp³-hybridized carbons (Fsp3) is 0.667. The summed E-state index contributed by atoms with van der Waals surface area (Å²) in [7, 11) is 0.787. The zero-order chi connectivity index (χ0) is 18.1. The Morgan fingerprint density at radius 3 is 2.25 bits per heavy atom. The lowest BCUT2D eigenvalue weighted by Crippen LogP contribution is -2.49. The molecule has 0 bridgehead atoms. The van der Waals surface area contributed by atoms with Crippen molar-refractivity contribution in [3.8, 4) is 0 Å². The van der Waals surface area contributed by atoms with Gasteiger partial charge in [0.05, 0.1) is 0 Å². The Morgan fingerprint density at radius 2 is 1.67 bits per heavy atom. The molecule has 0 aliphatic carbocycles. The van der Waals surface area contributed by atoms with Crippen molar-refractivity contribution in [1.29, 1.82) is 0 Å². The molecule has 0 radical (unpaired) electrons. The number of halogens is 3. The van der Waals surface area contributed by atoms with Crippen LogP contribution < -0.4 is 10.2 Å². The topological polar surface area (TPSA) is 43.4 Å². The Balaban J connectivity index is 2.67. The average Bonchev–Trinajstić information content (AvgIpc) is 2.56. The molecule has 1 N–H and O–H groups in total. The molecule has 1 aromatic heterocycles. The maximum atomic E-state index is 6.08. The Morgan fingerprint density at radius 1 is 1.04 bits per heavy atom. The second-order valence-electron chi connectivity index (χ2n) is 5.73. The molecule has 9 heteroatoms. The third-order valence-corrected chi connectivity index (χ3v) is 9.82. The molecule has 138 valence electrons. The molecule has 0 atom stereocenters. The number of aromatic nitrogens is 1. The van der Waals surface area contributed by atoms with E-state index in [1.54, 1.807) is 32.5 Å². The van der Waals surface area contributed by atoms with Crippen LogP contribution in [0.1, 0.15) is 45.4 Å². The lowest BCUT2D eigenvalue weighted by molar-refractivity contribution is 0.248. The summed E-state index contributed by atoms with van der Waals surface area (Å²) in [6.07, 6.45) is 8.97. The van der Waals surface area contributed by atoms with Gasteiger partial charge in [0.25, 0.3) is 0 Å². The monoisotopic (exact) mass is 428 g/mol. The Bertz CT molecular complexity index is 486. The molecule has 0 amide bonds. The second-order valence-corrected chi connectivity index (χ2v) is 17.2. The van der Waals surface area contributed by atoms with E-state index < -0.39 is 14.7 Å². The van der Waals surface area contributed by atoms with Crippen molar-refractivity contribution in [3.63, 3.8) is 0 Å². The maximum Gasteiger partial charge on any atom is 0.457 e. The van der Waals surface area contributed by atoms with Crippen LogP contribution >= 0.6 is 33.2 Å². The molecule has 0 saturated carbocycles. The number of rotatable bonds is 12. The van der Waals surface area contributed by atoms with E-state index in [9.17, 15) is 0 Å². The summed E-state index contributed by atoms with van der Waals surface area (Å²) >= 11 is 18.2. The van der Waals surface area contributed by atoms with E-state index in [1.165, 1.54) is 32.1 Å². The highest BCUT2D eigenvalue weighted by Gasteiger charge is 2.37. The van der Waals surface area contributed by atoms with Gasteiger partial charge in [0.1, 0.15) is 5.82 Å². The van der Waals surface area contributed by atoms with E-state index in [0.29, 0.717) is 11.0 Å². The first-order valence-corrected chi connectivity index (χ1v) is 15.3. The minimum Gasteiger partial charge on any atom is -0.382 e. The van der Waals surface area contributed by atoms with Crippen molar-refractivity contribution in [2.45, 2.75) is 51.5 Å². The van der Waals surface area contributed by atoms with Crippen LogP contribution in [0.4, 0.5) is 5.82 Å². The van der Waals surface area contributed by atoms with Gasteiger partial charge in [0.15, 0.2) is 0 Å². The normalized spacial score (nSPS) is 12.4. The lowest BCUT2D eigenvalue weighted by Gasteiger charge is -2.28. The number of pyridine rings is 1. The summed E-state index contributed by atoms with van der Waals surface area (Å²) in [6, 6.07) is 1.43. The standard InChI is InChI=1S/C15H27Cl3N2O2Si2/c1-4-5-6-7-8-9-12-23(21-2,22-3)20-15-13-14(10-11-19-15)24(16,17)18/h10-11,13H,4-9,12H2,1-3H3,(H,19,20). The zero-order valence-corrected chi connectivity index (χ0v) is 18.8. The van der Waals surface area contributed by atoms with E-state index in [-0.39, 0.29) is 0 Å². The van der Waals surface area contributed by atoms with Crippen LogP contribution in [0.3, 0.4) is 0 Å². The molecule has 1 heterocycles. The number of nitrogens with one attached hydrogen (secondary N) is 1. The summed E-state index contributed by atoms with van der Waals surface area (Å²) in [6.45, 7) is 2.22. The smallest absolute Gasteiger partial charge is 0.382 e. The summed E-state index contributed by atoms with van der Waals surface area (Å²) < 4.78 is 11.4. The largest absolute Gasteiger partial charge is 0.457 e. The number of hydrogen-bond donors (Lipinski definition) is 1. The van der Waals surface area contributed by atoms with Crippen LogP contribution in [0, 0.1) is 0 Å². The fourth-order valence-electron chi connectivity index (χ4n) is 2.46. The predicted molar refractivity (Wildman–Crippen MR) is 109 cm³/mol. The van der Waals surface area contributed by atoms with Crippen molar-refractivity contribution >= 4 is 59.0 Å². The third kappa shape index (κ3) is 7.60. The number of unbranched alkanes of at least 4 members (excludes halogenated alkanes) is 5. The molecule has 24 heavy (non-hydrogen) atoms. The van der Waals surface area contributed by atoms with Crippen molar-refractivity contribution in [2.24, 2.45) is 0 Å². The van der Waals surface area contributed by atoms with Crippen molar-refractivity contribution in [1.82, 2.24) is 4.98 Å². The van der Waals surface area contributed by atoms with E-state index in [0.717, 1.165) is 12.5 Å². The highest BCUT2D eigenvalue weighted by Crippen LogP contribution is 2.23. The molecule has 0 spiro atoms. The van der Waals surface area contributed by atoms with Crippen LogP contribution in [0.25, 0.3) is 0 Å². The van der Waals surface area contributed by atoms with E-state index in [2.05, 4.69) is 16.9 Å². The third-order valence-electron chi connectivity index (χ3n) is 3.92. The minimum atomic E-state index is -2.93. The van der Waals surface area contributed by atoms with Gasteiger partial charge in [-0.1, -0.05) is 39.0 Å². The van der Waals surface area contributed by atoms with Crippen molar-refractivity contribution < 1.29 is 8.85 Å². The van der Waals surface area contributed by atoms with Gasteiger partial charge in [0.2, 0.25) is 0 Å². The number of nitrogens with zero attached hydrogens (tertiary/aromatic N) is 1. The Kier molecular flexibility index (Phi) is 10.2. The first kappa shape index (κ1) is 22.2. The second kappa shape index (κ2) is 11.0. The molecular weight excluding hydrogens is 403 g/mol. The summed E-state index contributed by atoms with van der Waals surface area (Å²) in [5.41, 5.74) is 0. The van der Waals surface area contributed by atoms with E-state index in [1.807, 2.05) is 0 Å². The van der Waals surface area contributed by atoms with Crippen LogP contribution in [0.5, 0.6) is 0 Å². The maximum absolute atomic E-state index is 6.08. The van der Waals surface area contributed by atoms with Crippen LogP contribution in [0.2, 0.25) is 6.04 Å². The summed E-state index contributed by atoms with van der Waals surface area (Å²) in [5, 5.41) is 0.694. The Labute approximate surface area is 161 Å². The van der Waals surface area contributed by atoms with Gasteiger partial charge in [-0.05, 0) is 23.7 Å². The van der Waals surface area contributed by atoms with Gasteiger partial charge >= 0.3 is 14.7 Å². The summed E-state index contributed by atoms with van der Waals surface area (Å²) in [4.78, 5) is 7.65. The summed E-state index contributed by atoms with van der Waals surface area (Å²) in [5.74, 6) is 0.632. The first-order valence-electron chi connectivity index (χ1n) is 8.28. The van der Waals surface area contributed by atoms with Gasteiger partial charge in [0, 0.05) is 26.5 Å². The highest BCUT2D eigenvalue weighted by atomic mass is 35.8. The van der Waals surface area contributed by atoms with Gasteiger partial charge in [-0.3, -0.25) is 0 Å². The molecule has 0 unspecified atom stereocenters. The van der Waals surface area contributed by atoms with Gasteiger partial charge in [-0.25, -0.2) is 4.98 Å². The zero-order valence-electron chi connectivity index (χ0n) is 14.6. The van der Waals surface area contributed by atoms with Crippen LogP contribution in [-0.2, 0) is 8.85 Å². The van der Waals surface area contributed by atoms with Gasteiger partial charge < -0.3 is 13.8 Å². The molecule has 1 aromatic rings. The molecule has 4 nitrogen and oxygen atoms in total. The average molecular weight is 430 g/mol. The van der Waals surface area contributed by atoms with Crippen molar-refractivity contribution in [3.05, 3.63) is 18.3 Å². The molecule has 1 rings (SSSR count). The quantitative estimate of drug-likeness (QED) is 0.290. The molecular formula is C15H27Cl3N2O2Si2. The van der Waals surface area contributed by atoms with Gasteiger partial charge in [-0.15, -0.1) is 33.2 Å². The Hall–Kier alpha value is 0.174. The number of hydrogen-bond acceptors (Lipinski definition) is 4. The highest BCUT2D eigenvalue weighted by molar-refractivity contribution is 7.69. The van der Waals surface area contributed by atoms with Crippen LogP contribution in [0.15, 0.2) is 18.3 Å². The molecule has 0 aromatic carbocycles. The first-order chi connectivity index (χ1) is 11.4. The van der Waals surface area contributed by atoms with Gasteiger partial charge in [-0.2, -0.15) is 0 Å². The minimum absolute atomic E-state index is 0.632. The van der Waals surface area contributed by atoms with E-state index >= 15 is 0 Å². The molecule has 0 saturated heterocycles. The van der Waals surface area contributed by atoms with E-state index in [4.69, 9.17) is 42.1 Å². The predicted octanol–water partition coefficient (Wildman–Crippen LogP) is 4.95. The fourth-order valence-corrected chi connectivity index (χ4v) is 6.23. The lowest BCUT2D eigenvalue weighted by atomic mass is 10.1.